The van der Waals surface area contributed by atoms with Crippen molar-refractivity contribution < 1.29 is 23.9 Å². The zero-order chi connectivity index (χ0) is 28.9. The maximum Gasteiger partial charge on any atom is 0.307 e. The zero-order valence-electron chi connectivity index (χ0n) is 24.6. The van der Waals surface area contributed by atoms with Crippen LogP contribution < -0.4 is 27.0 Å². The predicted octanol–water partition coefficient (Wildman–Crippen LogP) is 3.14. The van der Waals surface area contributed by atoms with Crippen molar-refractivity contribution in [2.45, 2.75) is 90.6 Å². The van der Waals surface area contributed by atoms with E-state index in [9.17, 15) is 14.4 Å². The molecule has 0 fully saturated rings. The SMILES string of the molecule is CC(C)(C)OC(=O)CCNCCCCNC(=O)C(NC(=O)CCCCCCNC(=N)N)OCc1ccccc1.Cl.Cl. The van der Waals surface area contributed by atoms with E-state index < -0.39 is 11.8 Å². The van der Waals surface area contributed by atoms with E-state index in [2.05, 4.69) is 21.3 Å². The third kappa shape index (κ3) is 23.8. The molecule has 0 radical (unpaired) electrons. The maximum atomic E-state index is 12.8. The van der Waals surface area contributed by atoms with Crippen LogP contribution in [-0.2, 0) is 30.5 Å². The van der Waals surface area contributed by atoms with E-state index in [1.54, 1.807) is 0 Å². The molecular formula is C28H50Cl2N6O5. The molecule has 0 heterocycles. The predicted molar refractivity (Wildman–Crippen MR) is 166 cm³/mol. The summed E-state index contributed by atoms with van der Waals surface area (Å²) >= 11 is 0. The molecule has 1 aromatic rings. The van der Waals surface area contributed by atoms with Crippen LogP contribution in [0.15, 0.2) is 30.3 Å². The summed E-state index contributed by atoms with van der Waals surface area (Å²) in [5, 5.41) is 18.6. The monoisotopic (exact) mass is 620 g/mol. The minimum atomic E-state index is -1.08. The Bertz CT molecular complexity index is 871. The lowest BCUT2D eigenvalue weighted by Crippen LogP contribution is -2.48. The van der Waals surface area contributed by atoms with E-state index in [0.717, 1.165) is 37.7 Å². The minimum absolute atomic E-state index is 0. The van der Waals surface area contributed by atoms with Gasteiger partial charge >= 0.3 is 5.97 Å². The molecule has 0 aromatic heterocycles. The van der Waals surface area contributed by atoms with Gasteiger partial charge in [0.15, 0.2) is 5.96 Å². The number of carbonyl (C=O) groups is 3. The fraction of sp³-hybridized carbons (Fsp3) is 0.643. The number of esters is 1. The summed E-state index contributed by atoms with van der Waals surface area (Å²) in [4.78, 5) is 37.0. The van der Waals surface area contributed by atoms with Gasteiger partial charge in [-0.3, -0.25) is 19.8 Å². The van der Waals surface area contributed by atoms with Crippen molar-refractivity contribution in [1.82, 2.24) is 21.3 Å². The van der Waals surface area contributed by atoms with Gasteiger partial charge in [-0.15, -0.1) is 24.8 Å². The summed E-state index contributed by atoms with van der Waals surface area (Å²) < 4.78 is 11.0. The molecule has 11 nitrogen and oxygen atoms in total. The number of hydrogen-bond acceptors (Lipinski definition) is 7. The number of ether oxygens (including phenoxy) is 2. The highest BCUT2D eigenvalue weighted by Crippen LogP contribution is 2.08. The molecule has 0 aliphatic rings. The van der Waals surface area contributed by atoms with Crippen LogP contribution in [0.2, 0.25) is 0 Å². The number of unbranched alkanes of at least 4 members (excludes halogenated alkanes) is 4. The zero-order valence-corrected chi connectivity index (χ0v) is 26.2. The van der Waals surface area contributed by atoms with E-state index in [-0.39, 0.29) is 55.2 Å². The van der Waals surface area contributed by atoms with E-state index >= 15 is 0 Å². The quantitative estimate of drug-likeness (QED) is 0.0425. The summed E-state index contributed by atoms with van der Waals surface area (Å²) in [6, 6.07) is 9.47. The van der Waals surface area contributed by atoms with Crippen LogP contribution in [0.5, 0.6) is 0 Å². The van der Waals surface area contributed by atoms with Crippen LogP contribution in [0.1, 0.15) is 77.7 Å². The number of halogens is 2. The minimum Gasteiger partial charge on any atom is -0.460 e. The van der Waals surface area contributed by atoms with Crippen molar-refractivity contribution in [3.05, 3.63) is 35.9 Å². The summed E-state index contributed by atoms with van der Waals surface area (Å²) in [5.41, 5.74) is 5.68. The van der Waals surface area contributed by atoms with Gasteiger partial charge in [-0.2, -0.15) is 0 Å². The van der Waals surface area contributed by atoms with Crippen molar-refractivity contribution in [2.75, 3.05) is 26.2 Å². The first-order chi connectivity index (χ1) is 18.6. The Labute approximate surface area is 257 Å². The molecule has 13 heteroatoms. The molecule has 236 valence electrons. The Morgan fingerprint density at radius 3 is 2.12 bits per heavy atom. The highest BCUT2D eigenvalue weighted by molar-refractivity contribution is 5.86. The number of nitrogens with one attached hydrogen (secondary N) is 5. The molecule has 1 rings (SSSR count). The molecule has 7 N–H and O–H groups in total. The summed E-state index contributed by atoms with van der Waals surface area (Å²) in [6.45, 7) is 8.07. The lowest BCUT2D eigenvalue weighted by Gasteiger charge is -2.19. The fourth-order valence-electron chi connectivity index (χ4n) is 3.53. The molecule has 0 spiro atoms. The normalized spacial score (nSPS) is 11.3. The lowest BCUT2D eigenvalue weighted by molar-refractivity contribution is -0.154. The van der Waals surface area contributed by atoms with Gasteiger partial charge < -0.3 is 36.5 Å². The van der Waals surface area contributed by atoms with Crippen molar-refractivity contribution in [3.63, 3.8) is 0 Å². The van der Waals surface area contributed by atoms with Gasteiger partial charge in [-0.05, 0) is 58.6 Å². The highest BCUT2D eigenvalue weighted by atomic mass is 35.5. The Morgan fingerprint density at radius 1 is 0.854 bits per heavy atom. The van der Waals surface area contributed by atoms with Crippen LogP contribution in [0.4, 0.5) is 0 Å². The van der Waals surface area contributed by atoms with Gasteiger partial charge in [0.1, 0.15) is 5.60 Å². The topological polar surface area (TPSA) is 168 Å². The largest absolute Gasteiger partial charge is 0.460 e. The summed E-state index contributed by atoms with van der Waals surface area (Å²) in [6.07, 6.45) is 4.42. The molecule has 1 atom stereocenters. The number of guanidine groups is 1. The van der Waals surface area contributed by atoms with Crippen LogP contribution in [-0.4, -0.2) is 61.8 Å². The van der Waals surface area contributed by atoms with Gasteiger partial charge in [0, 0.05) is 26.1 Å². The third-order valence-corrected chi connectivity index (χ3v) is 5.44. The third-order valence-electron chi connectivity index (χ3n) is 5.44. The summed E-state index contributed by atoms with van der Waals surface area (Å²) in [7, 11) is 0. The average Bonchev–Trinajstić information content (AvgIpc) is 2.86. The van der Waals surface area contributed by atoms with Gasteiger partial charge in [-0.1, -0.05) is 43.2 Å². The smallest absolute Gasteiger partial charge is 0.307 e. The second-order valence-electron chi connectivity index (χ2n) is 10.3. The van der Waals surface area contributed by atoms with Gasteiger partial charge in [0.2, 0.25) is 12.1 Å². The van der Waals surface area contributed by atoms with Crippen LogP contribution >= 0.6 is 24.8 Å². The Kier molecular flexibility index (Phi) is 23.8. The molecular weight excluding hydrogens is 571 g/mol. The molecule has 0 saturated carbocycles. The van der Waals surface area contributed by atoms with Crippen LogP contribution in [0.25, 0.3) is 0 Å². The molecule has 0 aliphatic heterocycles. The van der Waals surface area contributed by atoms with Gasteiger partial charge in [0.25, 0.3) is 5.91 Å². The number of amides is 2. The number of carbonyl (C=O) groups excluding carboxylic acids is 3. The molecule has 2 amide bonds. The molecule has 0 saturated heterocycles. The number of rotatable bonds is 20. The highest BCUT2D eigenvalue weighted by Gasteiger charge is 2.21. The van der Waals surface area contributed by atoms with Gasteiger partial charge in [-0.25, -0.2) is 0 Å². The van der Waals surface area contributed by atoms with Crippen molar-refractivity contribution >= 4 is 48.6 Å². The first-order valence-electron chi connectivity index (χ1n) is 13.8. The molecule has 1 unspecified atom stereocenters. The number of benzene rings is 1. The maximum absolute atomic E-state index is 12.8. The summed E-state index contributed by atoms with van der Waals surface area (Å²) in [5.74, 6) is -0.888. The van der Waals surface area contributed by atoms with Crippen molar-refractivity contribution in [1.29, 1.82) is 5.41 Å². The van der Waals surface area contributed by atoms with E-state index in [1.807, 2.05) is 51.1 Å². The molecule has 0 aliphatic carbocycles. The van der Waals surface area contributed by atoms with Crippen LogP contribution in [0, 0.1) is 5.41 Å². The second-order valence-corrected chi connectivity index (χ2v) is 10.3. The molecule has 41 heavy (non-hydrogen) atoms. The fourth-order valence-corrected chi connectivity index (χ4v) is 3.53. The van der Waals surface area contributed by atoms with Gasteiger partial charge in [0.05, 0.1) is 13.0 Å². The molecule has 0 bridgehead atoms. The number of nitrogens with two attached hydrogens (primary N) is 1. The first-order valence-corrected chi connectivity index (χ1v) is 13.8. The second kappa shape index (κ2) is 24.0. The van der Waals surface area contributed by atoms with E-state index in [4.69, 9.17) is 20.6 Å². The van der Waals surface area contributed by atoms with Crippen LogP contribution in [0.3, 0.4) is 0 Å². The molecule has 1 aromatic carbocycles. The Hall–Kier alpha value is -2.60. The van der Waals surface area contributed by atoms with E-state index in [0.29, 0.717) is 45.4 Å². The standard InChI is InChI=1S/C28H48N6O5.2ClH/c1-28(2,3)39-24(36)16-20-31-17-11-12-18-32-25(37)26(38-21-22-13-7-6-8-14-22)34-23(35)15-9-4-5-10-19-33-27(29)30;;/h6-8,13-14,26,31H,4-5,9-12,15-21H2,1-3H3,(H,32,37)(H,34,35)(H4,29,30,33);2*1H. The Morgan fingerprint density at radius 2 is 1.46 bits per heavy atom. The van der Waals surface area contributed by atoms with E-state index in [1.165, 1.54) is 0 Å². The van der Waals surface area contributed by atoms with Crippen molar-refractivity contribution in [3.8, 4) is 0 Å². The Balaban J connectivity index is 0. The lowest BCUT2D eigenvalue weighted by atomic mass is 10.1. The van der Waals surface area contributed by atoms with Crippen molar-refractivity contribution in [2.24, 2.45) is 5.73 Å². The number of hydrogen-bond donors (Lipinski definition) is 6. The first kappa shape index (κ1) is 40.5. The average molecular weight is 622 g/mol.